The average molecular weight is 593 g/mol. The Labute approximate surface area is 257 Å². The predicted molar refractivity (Wildman–Crippen MR) is 167 cm³/mol. The number of ether oxygens (including phenoxy) is 4. The van der Waals surface area contributed by atoms with E-state index in [-0.39, 0.29) is 23.6 Å². The molecule has 0 saturated carbocycles. The minimum Gasteiger partial charge on any atom is -0.507 e. The molecule has 8 heteroatoms. The fraction of sp³-hybridized carbons (Fsp3) is 0.333. The van der Waals surface area contributed by atoms with Crippen LogP contribution in [-0.4, -0.2) is 61.4 Å². The van der Waals surface area contributed by atoms with Gasteiger partial charge in [0.25, 0.3) is 0 Å². The molecule has 0 aliphatic carbocycles. The van der Waals surface area contributed by atoms with Crippen LogP contribution in [0, 0.1) is 0 Å². The molecule has 4 aromatic rings. The molecule has 0 radical (unpaired) electrons. The number of fused-ring (bicyclic) bond motifs is 5. The summed E-state index contributed by atoms with van der Waals surface area (Å²) in [6, 6.07) is 16.3. The number of aromatic hydroxyl groups is 2. The summed E-state index contributed by atoms with van der Waals surface area (Å²) in [4.78, 5) is 4.69. The van der Waals surface area contributed by atoms with Crippen molar-refractivity contribution in [3.63, 3.8) is 0 Å². The monoisotopic (exact) mass is 592 g/mol. The minimum absolute atomic E-state index is 0.105. The third-order valence-corrected chi connectivity index (χ3v) is 9.99. The van der Waals surface area contributed by atoms with Crippen molar-refractivity contribution in [1.82, 2.24) is 9.80 Å². The molecule has 4 aliphatic rings. The van der Waals surface area contributed by atoms with Crippen LogP contribution in [0.25, 0.3) is 11.1 Å². The number of likely N-dealkylation sites (N-methyl/N-ethyl adjacent to an activating group) is 2. The van der Waals surface area contributed by atoms with Gasteiger partial charge >= 0.3 is 0 Å². The lowest BCUT2D eigenvalue weighted by molar-refractivity contribution is 0.214. The van der Waals surface area contributed by atoms with E-state index >= 15 is 0 Å². The summed E-state index contributed by atoms with van der Waals surface area (Å²) in [5, 5.41) is 22.7. The van der Waals surface area contributed by atoms with E-state index in [0.717, 1.165) is 65.1 Å². The maximum atomic E-state index is 11.5. The molecule has 7 bridgehead atoms. The van der Waals surface area contributed by atoms with Crippen molar-refractivity contribution in [3.8, 4) is 57.1 Å². The first kappa shape index (κ1) is 27.2. The van der Waals surface area contributed by atoms with E-state index in [2.05, 4.69) is 54.2 Å². The van der Waals surface area contributed by atoms with Crippen LogP contribution in [0.3, 0.4) is 0 Å². The van der Waals surface area contributed by atoms with Gasteiger partial charge in [-0.05, 0) is 98.4 Å². The van der Waals surface area contributed by atoms with E-state index in [1.165, 1.54) is 11.1 Å². The average Bonchev–Trinajstić information content (AvgIpc) is 3.02. The fourth-order valence-corrected chi connectivity index (χ4v) is 7.59. The third kappa shape index (κ3) is 4.04. The fourth-order valence-electron chi connectivity index (χ4n) is 7.59. The van der Waals surface area contributed by atoms with Gasteiger partial charge in [-0.2, -0.15) is 0 Å². The molecular formula is C36H36N2O6. The largest absolute Gasteiger partial charge is 0.507 e. The standard InChI is InChI=1S/C36H36N2O6/c1-37-11-9-21-17-30-31-18-23(21)26(37)15-20-6-8-29(41-3)25(14-20)24-13-19(5-7-28(24)39)16-27-32-22(10-12-38(27)2)33(40)35(42-4)36(44-30)34(32)43-31/h5-8,13-14,17-18,26-27,39-40H,9-12,15-16H2,1-4H3/t26-,27-/m0/s1. The second-order valence-electron chi connectivity index (χ2n) is 12.4. The molecule has 44 heavy (non-hydrogen) atoms. The van der Waals surface area contributed by atoms with Gasteiger partial charge in [0.15, 0.2) is 23.0 Å². The lowest BCUT2D eigenvalue weighted by atomic mass is 9.85. The van der Waals surface area contributed by atoms with Crippen molar-refractivity contribution in [3.05, 3.63) is 81.9 Å². The number of benzene rings is 4. The van der Waals surface area contributed by atoms with Gasteiger partial charge < -0.3 is 29.2 Å². The molecular weight excluding hydrogens is 556 g/mol. The predicted octanol–water partition coefficient (Wildman–Crippen LogP) is 6.54. The summed E-state index contributed by atoms with van der Waals surface area (Å²) in [5.41, 5.74) is 7.96. The molecule has 4 aliphatic heterocycles. The molecule has 8 nitrogen and oxygen atoms in total. The van der Waals surface area contributed by atoms with Crippen LogP contribution in [0.15, 0.2) is 48.5 Å². The lowest BCUT2D eigenvalue weighted by Crippen LogP contribution is -2.34. The van der Waals surface area contributed by atoms with E-state index < -0.39 is 0 Å². The van der Waals surface area contributed by atoms with Gasteiger partial charge in [0.05, 0.1) is 14.2 Å². The number of rotatable bonds is 2. The van der Waals surface area contributed by atoms with Crippen molar-refractivity contribution in [2.24, 2.45) is 0 Å². The highest BCUT2D eigenvalue weighted by molar-refractivity contribution is 5.77. The second-order valence-corrected chi connectivity index (χ2v) is 12.4. The number of hydrogen-bond donors (Lipinski definition) is 2. The van der Waals surface area contributed by atoms with Gasteiger partial charge in [-0.25, -0.2) is 0 Å². The highest BCUT2D eigenvalue weighted by atomic mass is 16.6. The van der Waals surface area contributed by atoms with Crippen LogP contribution < -0.4 is 18.9 Å². The first-order valence-corrected chi connectivity index (χ1v) is 15.2. The third-order valence-electron chi connectivity index (χ3n) is 9.99. The number of phenolic OH excluding ortho intramolecular Hbond substituents is 2. The van der Waals surface area contributed by atoms with Gasteiger partial charge in [-0.15, -0.1) is 0 Å². The van der Waals surface area contributed by atoms with Crippen molar-refractivity contribution < 1.29 is 29.2 Å². The lowest BCUT2D eigenvalue weighted by Gasteiger charge is -2.39. The Morgan fingerprint density at radius 3 is 2.23 bits per heavy atom. The quantitative estimate of drug-likeness (QED) is 0.239. The van der Waals surface area contributed by atoms with E-state index in [1.807, 2.05) is 12.1 Å². The molecule has 4 aromatic carbocycles. The molecule has 0 unspecified atom stereocenters. The minimum atomic E-state index is -0.121. The Bertz CT molecular complexity index is 1830. The molecule has 2 N–H and O–H groups in total. The Morgan fingerprint density at radius 2 is 1.43 bits per heavy atom. The van der Waals surface area contributed by atoms with Crippen LogP contribution in [0.1, 0.15) is 45.5 Å². The smallest absolute Gasteiger partial charge is 0.216 e. The first-order chi connectivity index (χ1) is 21.3. The molecule has 0 saturated heterocycles. The number of nitrogens with zero attached hydrogens (tertiary/aromatic N) is 2. The molecule has 2 atom stereocenters. The molecule has 0 amide bonds. The van der Waals surface area contributed by atoms with Crippen LogP contribution in [0.2, 0.25) is 0 Å². The summed E-state index contributed by atoms with van der Waals surface area (Å²) < 4.78 is 25.0. The van der Waals surface area contributed by atoms with Crippen molar-refractivity contribution >= 4 is 0 Å². The molecule has 0 spiro atoms. The van der Waals surface area contributed by atoms with Crippen LogP contribution in [0.5, 0.6) is 46.0 Å². The Kier molecular flexibility index (Phi) is 6.22. The zero-order chi connectivity index (χ0) is 30.3. The molecule has 8 rings (SSSR count). The van der Waals surface area contributed by atoms with Crippen LogP contribution >= 0.6 is 0 Å². The molecule has 0 aromatic heterocycles. The maximum Gasteiger partial charge on any atom is 0.216 e. The van der Waals surface area contributed by atoms with E-state index in [4.69, 9.17) is 18.9 Å². The van der Waals surface area contributed by atoms with Gasteiger partial charge in [0.2, 0.25) is 11.5 Å². The van der Waals surface area contributed by atoms with Crippen molar-refractivity contribution in [2.75, 3.05) is 41.4 Å². The van der Waals surface area contributed by atoms with Gasteiger partial charge in [-0.3, -0.25) is 9.80 Å². The highest BCUT2D eigenvalue weighted by Crippen LogP contribution is 2.60. The molecule has 226 valence electrons. The highest BCUT2D eigenvalue weighted by Gasteiger charge is 2.39. The zero-order valence-electron chi connectivity index (χ0n) is 25.4. The van der Waals surface area contributed by atoms with Gasteiger partial charge in [-0.1, -0.05) is 12.1 Å². The van der Waals surface area contributed by atoms with Crippen molar-refractivity contribution in [1.29, 1.82) is 0 Å². The number of hydrogen-bond acceptors (Lipinski definition) is 8. The Hall–Kier alpha value is -4.40. The SMILES string of the molecule is COc1ccc2cc1-c1cc(ccc1O)C[C@H]1c3c(c(O)c(OC)c4c3Oc3cc5c(cc3O4)CCN(C)[C@H]5C2)CCN1C. The Morgan fingerprint density at radius 1 is 0.750 bits per heavy atom. The van der Waals surface area contributed by atoms with E-state index in [1.54, 1.807) is 20.3 Å². The van der Waals surface area contributed by atoms with Crippen molar-refractivity contribution in [2.45, 2.75) is 37.8 Å². The van der Waals surface area contributed by atoms with Crippen LogP contribution in [-0.2, 0) is 25.7 Å². The first-order valence-electron chi connectivity index (χ1n) is 15.2. The van der Waals surface area contributed by atoms with Gasteiger partial charge in [0.1, 0.15) is 11.5 Å². The summed E-state index contributed by atoms with van der Waals surface area (Å²) in [7, 11) is 7.49. The number of phenols is 2. The molecule has 4 heterocycles. The van der Waals surface area contributed by atoms with E-state index in [9.17, 15) is 10.2 Å². The zero-order valence-corrected chi connectivity index (χ0v) is 25.4. The summed E-state index contributed by atoms with van der Waals surface area (Å²) in [6.07, 6.45) is 2.95. The van der Waals surface area contributed by atoms with E-state index in [0.29, 0.717) is 41.6 Å². The number of methoxy groups -OCH3 is 2. The van der Waals surface area contributed by atoms with Gasteiger partial charge in [0, 0.05) is 47.4 Å². The Balaban J connectivity index is 1.41. The summed E-state index contributed by atoms with van der Waals surface area (Å²) in [6.45, 7) is 1.66. The second kappa shape index (κ2) is 10.1. The summed E-state index contributed by atoms with van der Waals surface area (Å²) in [5.74, 6) is 3.64. The summed E-state index contributed by atoms with van der Waals surface area (Å²) >= 11 is 0. The normalized spacial score (nSPS) is 20.1. The topological polar surface area (TPSA) is 83.9 Å². The maximum absolute atomic E-state index is 11.5. The molecule has 0 fully saturated rings. The van der Waals surface area contributed by atoms with Crippen LogP contribution in [0.4, 0.5) is 0 Å².